The van der Waals surface area contributed by atoms with Gasteiger partial charge in [-0.1, -0.05) is 17.7 Å². The second-order valence-corrected chi connectivity index (χ2v) is 6.93. The summed E-state index contributed by atoms with van der Waals surface area (Å²) < 4.78 is 5.51. The minimum absolute atomic E-state index is 0.108. The van der Waals surface area contributed by atoms with E-state index in [0.717, 1.165) is 11.3 Å². The maximum atomic E-state index is 12.2. The van der Waals surface area contributed by atoms with Crippen LogP contribution in [0.3, 0.4) is 0 Å². The smallest absolute Gasteiger partial charge is 0.251 e. The Labute approximate surface area is 166 Å². The van der Waals surface area contributed by atoms with E-state index < -0.39 is 5.60 Å². The second kappa shape index (κ2) is 9.94. The van der Waals surface area contributed by atoms with Crippen LogP contribution in [0, 0.1) is 13.8 Å². The summed E-state index contributed by atoms with van der Waals surface area (Å²) in [6, 6.07) is 11.0. The summed E-state index contributed by atoms with van der Waals surface area (Å²) in [6.45, 7) is 9.20. The molecule has 0 spiro atoms. The monoisotopic (exact) mass is 386 g/mol. The summed E-state index contributed by atoms with van der Waals surface area (Å²) in [7, 11) is 0. The maximum absolute atomic E-state index is 12.2. The fourth-order valence-electron chi connectivity index (χ4n) is 2.62. The number of guanidine groups is 1. The predicted octanol–water partition coefficient (Wildman–Crippen LogP) is 2.09. The number of benzene rings is 1. The molecule has 28 heavy (non-hydrogen) atoms. The van der Waals surface area contributed by atoms with Gasteiger partial charge in [-0.25, -0.2) is 4.99 Å². The number of rotatable bonds is 8. The van der Waals surface area contributed by atoms with Crippen molar-refractivity contribution in [3.05, 3.63) is 59.0 Å². The molecule has 1 heterocycles. The fraction of sp³-hybridized carbons (Fsp3) is 0.429. The molecule has 1 aromatic carbocycles. The van der Waals surface area contributed by atoms with Gasteiger partial charge in [-0.15, -0.1) is 0 Å². The Hall–Kier alpha value is -2.80. The van der Waals surface area contributed by atoms with Crippen LogP contribution in [0.25, 0.3) is 0 Å². The van der Waals surface area contributed by atoms with Crippen molar-refractivity contribution in [1.29, 1.82) is 0 Å². The standard InChI is InChI=1S/C21H30N4O3/c1-5-22-20(25-14-21(4,27)18-10-9-16(3)28-18)24-12-11-23-19(26)17-8-6-7-15(2)13-17/h6-10,13,27H,5,11-12,14H2,1-4H3,(H,23,26)(H2,22,24,25). The zero-order valence-electron chi connectivity index (χ0n) is 17.0. The number of hydrogen-bond donors (Lipinski definition) is 4. The van der Waals surface area contributed by atoms with Crippen LogP contribution in [0.5, 0.6) is 0 Å². The number of furan rings is 1. The summed E-state index contributed by atoms with van der Waals surface area (Å²) in [6.07, 6.45) is 0. The van der Waals surface area contributed by atoms with E-state index in [1.165, 1.54) is 0 Å². The van der Waals surface area contributed by atoms with Crippen LogP contribution in [0.15, 0.2) is 45.8 Å². The van der Waals surface area contributed by atoms with Crippen molar-refractivity contribution in [3.63, 3.8) is 0 Å². The topological polar surface area (TPSA) is 98.9 Å². The summed E-state index contributed by atoms with van der Waals surface area (Å²) in [4.78, 5) is 16.6. The maximum Gasteiger partial charge on any atom is 0.251 e. The number of nitrogens with one attached hydrogen (secondary N) is 3. The van der Waals surface area contributed by atoms with E-state index >= 15 is 0 Å². The molecule has 0 fully saturated rings. The van der Waals surface area contributed by atoms with Gasteiger partial charge < -0.3 is 25.5 Å². The number of hydrogen-bond acceptors (Lipinski definition) is 4. The first-order chi connectivity index (χ1) is 13.3. The molecule has 0 saturated carbocycles. The van der Waals surface area contributed by atoms with Gasteiger partial charge >= 0.3 is 0 Å². The van der Waals surface area contributed by atoms with Crippen LogP contribution in [-0.2, 0) is 5.60 Å². The summed E-state index contributed by atoms with van der Waals surface area (Å²) in [5, 5.41) is 19.7. The van der Waals surface area contributed by atoms with E-state index in [-0.39, 0.29) is 12.5 Å². The van der Waals surface area contributed by atoms with Crippen molar-refractivity contribution in [3.8, 4) is 0 Å². The van der Waals surface area contributed by atoms with Crippen molar-refractivity contribution < 1.29 is 14.3 Å². The molecular formula is C21H30N4O3. The largest absolute Gasteiger partial charge is 0.463 e. The number of amides is 1. The molecule has 7 heteroatoms. The highest BCUT2D eigenvalue weighted by Crippen LogP contribution is 2.22. The molecule has 0 aliphatic carbocycles. The highest BCUT2D eigenvalue weighted by Gasteiger charge is 2.26. The molecule has 0 radical (unpaired) electrons. The molecule has 0 aliphatic heterocycles. The SMILES string of the molecule is CCNC(=NCC(C)(O)c1ccc(C)o1)NCCNC(=O)c1cccc(C)c1. The lowest BCUT2D eigenvalue weighted by molar-refractivity contribution is 0.0428. The van der Waals surface area contributed by atoms with Crippen molar-refractivity contribution in [2.75, 3.05) is 26.2 Å². The minimum atomic E-state index is -1.20. The van der Waals surface area contributed by atoms with Gasteiger partial charge in [0.25, 0.3) is 5.91 Å². The molecule has 2 aromatic rings. The van der Waals surface area contributed by atoms with Crippen LogP contribution in [0.1, 0.15) is 41.3 Å². The quantitative estimate of drug-likeness (QED) is 0.316. The summed E-state index contributed by atoms with van der Waals surface area (Å²) in [5.41, 5.74) is 0.493. The first-order valence-electron chi connectivity index (χ1n) is 9.48. The molecule has 4 N–H and O–H groups in total. The molecular weight excluding hydrogens is 356 g/mol. The molecule has 0 aliphatic rings. The summed E-state index contributed by atoms with van der Waals surface area (Å²) in [5.74, 6) is 1.68. The van der Waals surface area contributed by atoms with E-state index in [1.807, 2.05) is 45.0 Å². The molecule has 1 atom stereocenters. The van der Waals surface area contributed by atoms with Gasteiger partial charge in [0.15, 0.2) is 5.96 Å². The number of aliphatic imine (C=N–C) groups is 1. The van der Waals surface area contributed by atoms with Crippen LogP contribution >= 0.6 is 0 Å². The second-order valence-electron chi connectivity index (χ2n) is 6.93. The Morgan fingerprint density at radius 3 is 2.54 bits per heavy atom. The number of aliphatic hydroxyl groups is 1. The molecule has 1 aromatic heterocycles. The van der Waals surface area contributed by atoms with Crippen molar-refractivity contribution in [2.24, 2.45) is 4.99 Å². The number of carbonyl (C=O) groups is 1. The van der Waals surface area contributed by atoms with Crippen molar-refractivity contribution in [1.82, 2.24) is 16.0 Å². The van der Waals surface area contributed by atoms with E-state index in [2.05, 4.69) is 20.9 Å². The average Bonchev–Trinajstić information content (AvgIpc) is 3.10. The number of nitrogens with zero attached hydrogens (tertiary/aromatic N) is 1. The molecule has 0 bridgehead atoms. The molecule has 0 saturated heterocycles. The van der Waals surface area contributed by atoms with E-state index in [9.17, 15) is 9.90 Å². The lowest BCUT2D eigenvalue weighted by Crippen LogP contribution is -2.42. The molecule has 7 nitrogen and oxygen atoms in total. The van der Waals surface area contributed by atoms with Crippen LogP contribution in [-0.4, -0.2) is 43.2 Å². The van der Waals surface area contributed by atoms with Gasteiger partial charge in [0.1, 0.15) is 17.1 Å². The van der Waals surface area contributed by atoms with Gasteiger partial charge in [0.05, 0.1) is 6.54 Å². The minimum Gasteiger partial charge on any atom is -0.463 e. The van der Waals surface area contributed by atoms with Gasteiger partial charge in [-0.3, -0.25) is 4.79 Å². The van der Waals surface area contributed by atoms with Gasteiger partial charge in [-0.05, 0) is 52.0 Å². The van der Waals surface area contributed by atoms with Gasteiger partial charge in [-0.2, -0.15) is 0 Å². The van der Waals surface area contributed by atoms with Crippen molar-refractivity contribution in [2.45, 2.75) is 33.3 Å². The predicted molar refractivity (Wildman–Crippen MR) is 111 cm³/mol. The van der Waals surface area contributed by atoms with E-state index in [1.54, 1.807) is 19.1 Å². The first kappa shape index (κ1) is 21.5. The zero-order valence-corrected chi connectivity index (χ0v) is 17.0. The lowest BCUT2D eigenvalue weighted by atomic mass is 10.0. The lowest BCUT2D eigenvalue weighted by Gasteiger charge is -2.19. The fourth-order valence-corrected chi connectivity index (χ4v) is 2.62. The Balaban J connectivity index is 1.85. The highest BCUT2D eigenvalue weighted by atomic mass is 16.4. The third kappa shape index (κ3) is 6.42. The first-order valence-corrected chi connectivity index (χ1v) is 9.48. The van der Waals surface area contributed by atoms with Crippen LogP contribution in [0.4, 0.5) is 0 Å². The Bertz CT molecular complexity index is 811. The average molecular weight is 386 g/mol. The molecule has 152 valence electrons. The Morgan fingerprint density at radius 1 is 1.14 bits per heavy atom. The van der Waals surface area contributed by atoms with Gasteiger partial charge in [0.2, 0.25) is 0 Å². The number of carbonyl (C=O) groups excluding carboxylic acids is 1. The van der Waals surface area contributed by atoms with E-state index in [0.29, 0.717) is 36.9 Å². The van der Waals surface area contributed by atoms with Crippen LogP contribution in [0.2, 0.25) is 0 Å². The Morgan fingerprint density at radius 2 is 1.89 bits per heavy atom. The third-order valence-corrected chi connectivity index (χ3v) is 4.14. The molecule has 1 amide bonds. The third-order valence-electron chi connectivity index (χ3n) is 4.14. The van der Waals surface area contributed by atoms with Crippen molar-refractivity contribution >= 4 is 11.9 Å². The van der Waals surface area contributed by atoms with Gasteiger partial charge in [0, 0.05) is 25.2 Å². The molecule has 1 unspecified atom stereocenters. The summed E-state index contributed by atoms with van der Waals surface area (Å²) >= 11 is 0. The van der Waals surface area contributed by atoms with Crippen LogP contribution < -0.4 is 16.0 Å². The molecule has 2 rings (SSSR count). The Kier molecular flexibility index (Phi) is 7.63. The highest BCUT2D eigenvalue weighted by molar-refractivity contribution is 5.94. The number of aryl methyl sites for hydroxylation is 2. The normalized spacial score (nSPS) is 13.7. The van der Waals surface area contributed by atoms with E-state index in [4.69, 9.17) is 4.42 Å². The zero-order chi connectivity index (χ0) is 20.6.